The van der Waals surface area contributed by atoms with Crippen LogP contribution in [-0.4, -0.2) is 24.3 Å². The van der Waals surface area contributed by atoms with Gasteiger partial charge in [-0.25, -0.2) is 5.43 Å². The van der Waals surface area contributed by atoms with Crippen molar-refractivity contribution < 1.29 is 19.1 Å². The van der Waals surface area contributed by atoms with Gasteiger partial charge >= 0.3 is 0 Å². The molecule has 2 amide bonds. The molecule has 0 atom stereocenters. The van der Waals surface area contributed by atoms with Crippen molar-refractivity contribution in [3.63, 3.8) is 0 Å². The van der Waals surface area contributed by atoms with Crippen molar-refractivity contribution in [1.29, 1.82) is 0 Å². The van der Waals surface area contributed by atoms with Crippen molar-refractivity contribution in [1.82, 2.24) is 5.43 Å². The monoisotopic (exact) mass is 365 g/mol. The van der Waals surface area contributed by atoms with Crippen LogP contribution in [0.2, 0.25) is 0 Å². The van der Waals surface area contributed by atoms with Gasteiger partial charge in [-0.2, -0.15) is 5.10 Å². The first-order valence-electron chi connectivity index (χ1n) is 8.76. The molecule has 1 aliphatic heterocycles. The number of fused-ring (bicyclic) bond motifs is 1. The number of hydrazone groups is 1. The zero-order valence-electron chi connectivity index (χ0n) is 14.8. The van der Waals surface area contributed by atoms with E-state index < -0.39 is 0 Å². The van der Waals surface area contributed by atoms with Gasteiger partial charge in [-0.3, -0.25) is 9.59 Å². The van der Waals surface area contributed by atoms with E-state index in [1.165, 1.54) is 0 Å². The molecule has 1 aliphatic carbocycles. The Kier molecular flexibility index (Phi) is 4.50. The molecular formula is C20H19N3O4. The molecule has 2 aromatic carbocycles. The van der Waals surface area contributed by atoms with Crippen molar-refractivity contribution in [2.45, 2.75) is 19.8 Å². The van der Waals surface area contributed by atoms with E-state index in [0.29, 0.717) is 22.8 Å². The van der Waals surface area contributed by atoms with Crippen LogP contribution in [0.3, 0.4) is 0 Å². The molecular weight excluding hydrogens is 346 g/mol. The lowest BCUT2D eigenvalue weighted by atomic mass is 10.1. The van der Waals surface area contributed by atoms with Gasteiger partial charge in [0, 0.05) is 17.2 Å². The van der Waals surface area contributed by atoms with Crippen LogP contribution in [0.4, 0.5) is 5.69 Å². The number of hydrogen-bond donors (Lipinski definition) is 2. The van der Waals surface area contributed by atoms with Crippen molar-refractivity contribution in [2.75, 3.05) is 12.1 Å². The lowest BCUT2D eigenvalue weighted by Crippen LogP contribution is -2.19. The van der Waals surface area contributed by atoms with Crippen LogP contribution in [0, 0.1) is 5.92 Å². The SMILES string of the molecule is C/C(=N/NC(=O)c1ccc2c(c1)OCO2)c1ccc(NC(=O)C2CC2)cc1. The summed E-state index contributed by atoms with van der Waals surface area (Å²) in [6, 6.07) is 12.3. The van der Waals surface area contributed by atoms with E-state index in [0.717, 1.165) is 24.1 Å². The number of ether oxygens (including phenoxy) is 2. The van der Waals surface area contributed by atoms with Crippen LogP contribution in [0.25, 0.3) is 0 Å². The molecule has 0 unspecified atom stereocenters. The molecule has 7 heteroatoms. The van der Waals surface area contributed by atoms with Crippen LogP contribution in [0.15, 0.2) is 47.6 Å². The van der Waals surface area contributed by atoms with Gasteiger partial charge in [-0.05, 0) is 55.7 Å². The van der Waals surface area contributed by atoms with Crippen LogP contribution in [-0.2, 0) is 4.79 Å². The fourth-order valence-corrected chi connectivity index (χ4v) is 2.69. The van der Waals surface area contributed by atoms with Crippen LogP contribution in [0.5, 0.6) is 11.5 Å². The first kappa shape index (κ1) is 17.1. The number of amides is 2. The predicted octanol–water partition coefficient (Wildman–Crippen LogP) is 2.92. The minimum Gasteiger partial charge on any atom is -0.454 e. The third-order valence-electron chi connectivity index (χ3n) is 4.48. The van der Waals surface area contributed by atoms with Gasteiger partial charge in [0.2, 0.25) is 12.7 Å². The zero-order chi connectivity index (χ0) is 18.8. The second-order valence-corrected chi connectivity index (χ2v) is 6.55. The Balaban J connectivity index is 1.38. The Labute approximate surface area is 156 Å². The van der Waals surface area contributed by atoms with E-state index in [4.69, 9.17) is 9.47 Å². The van der Waals surface area contributed by atoms with Crippen molar-refractivity contribution in [2.24, 2.45) is 11.0 Å². The molecule has 7 nitrogen and oxygen atoms in total. The van der Waals surface area contributed by atoms with E-state index in [-0.39, 0.29) is 24.5 Å². The summed E-state index contributed by atoms with van der Waals surface area (Å²) in [4.78, 5) is 24.0. The van der Waals surface area contributed by atoms with E-state index in [1.54, 1.807) is 25.1 Å². The number of benzene rings is 2. The average molecular weight is 365 g/mol. The summed E-state index contributed by atoms with van der Waals surface area (Å²) >= 11 is 0. The highest BCUT2D eigenvalue weighted by Crippen LogP contribution is 2.32. The molecule has 0 aromatic heterocycles. The minimum atomic E-state index is -0.332. The Morgan fingerprint density at radius 1 is 1.00 bits per heavy atom. The van der Waals surface area contributed by atoms with Crippen molar-refractivity contribution in [3.8, 4) is 11.5 Å². The summed E-state index contributed by atoms with van der Waals surface area (Å²) in [5.74, 6) is 1.08. The molecule has 1 fully saturated rings. The van der Waals surface area contributed by atoms with Crippen molar-refractivity contribution in [3.05, 3.63) is 53.6 Å². The highest BCUT2D eigenvalue weighted by Gasteiger charge is 2.29. The molecule has 0 saturated heterocycles. The maximum absolute atomic E-state index is 12.3. The van der Waals surface area contributed by atoms with Gasteiger partial charge in [-0.15, -0.1) is 0 Å². The molecule has 138 valence electrons. The largest absolute Gasteiger partial charge is 0.454 e. The van der Waals surface area contributed by atoms with Crippen molar-refractivity contribution >= 4 is 23.2 Å². The lowest BCUT2D eigenvalue weighted by Gasteiger charge is -2.07. The number of rotatable bonds is 5. The average Bonchev–Trinajstić information content (AvgIpc) is 3.44. The summed E-state index contributed by atoms with van der Waals surface area (Å²) in [5.41, 5.74) is 5.25. The van der Waals surface area contributed by atoms with E-state index in [9.17, 15) is 9.59 Å². The molecule has 1 saturated carbocycles. The highest BCUT2D eigenvalue weighted by atomic mass is 16.7. The lowest BCUT2D eigenvalue weighted by molar-refractivity contribution is -0.117. The number of carbonyl (C=O) groups excluding carboxylic acids is 2. The number of anilines is 1. The fourth-order valence-electron chi connectivity index (χ4n) is 2.69. The minimum absolute atomic E-state index is 0.0733. The normalized spacial score (nSPS) is 15.4. The molecule has 2 aromatic rings. The standard InChI is InChI=1S/C20H19N3O4/c1-12(13-4-7-16(8-5-13)21-19(24)14-2-3-14)22-23-20(25)15-6-9-17-18(10-15)27-11-26-17/h4-10,14H,2-3,11H2,1H3,(H,21,24)(H,23,25)/b22-12-. The Hall–Kier alpha value is -3.35. The maximum atomic E-state index is 12.3. The molecule has 0 spiro atoms. The smallest absolute Gasteiger partial charge is 0.271 e. The summed E-state index contributed by atoms with van der Waals surface area (Å²) in [5, 5.41) is 7.04. The van der Waals surface area contributed by atoms with Gasteiger partial charge in [-0.1, -0.05) is 12.1 Å². The van der Waals surface area contributed by atoms with E-state index >= 15 is 0 Å². The molecule has 0 radical (unpaired) electrons. The Morgan fingerprint density at radius 3 is 2.44 bits per heavy atom. The van der Waals surface area contributed by atoms with Gasteiger partial charge in [0.25, 0.3) is 5.91 Å². The molecule has 27 heavy (non-hydrogen) atoms. The summed E-state index contributed by atoms with van der Waals surface area (Å²) in [6.07, 6.45) is 1.94. The summed E-state index contributed by atoms with van der Waals surface area (Å²) in [6.45, 7) is 1.96. The first-order chi connectivity index (χ1) is 13.1. The third kappa shape index (κ3) is 3.92. The third-order valence-corrected chi connectivity index (χ3v) is 4.48. The number of nitrogens with one attached hydrogen (secondary N) is 2. The number of carbonyl (C=O) groups is 2. The second-order valence-electron chi connectivity index (χ2n) is 6.55. The summed E-state index contributed by atoms with van der Waals surface area (Å²) < 4.78 is 10.5. The van der Waals surface area contributed by atoms with Gasteiger partial charge in [0.15, 0.2) is 11.5 Å². The van der Waals surface area contributed by atoms with Crippen LogP contribution in [0.1, 0.15) is 35.7 Å². The Morgan fingerprint density at radius 2 is 1.70 bits per heavy atom. The maximum Gasteiger partial charge on any atom is 0.271 e. The van der Waals surface area contributed by atoms with Crippen LogP contribution < -0.4 is 20.2 Å². The topological polar surface area (TPSA) is 89.0 Å². The first-order valence-corrected chi connectivity index (χ1v) is 8.76. The fraction of sp³-hybridized carbons (Fsp3) is 0.250. The summed E-state index contributed by atoms with van der Waals surface area (Å²) in [7, 11) is 0. The molecule has 2 aliphatic rings. The van der Waals surface area contributed by atoms with Crippen LogP contribution >= 0.6 is 0 Å². The van der Waals surface area contributed by atoms with Gasteiger partial charge < -0.3 is 14.8 Å². The molecule has 1 heterocycles. The second kappa shape index (κ2) is 7.11. The predicted molar refractivity (Wildman–Crippen MR) is 100 cm³/mol. The number of hydrogen-bond acceptors (Lipinski definition) is 5. The Bertz CT molecular complexity index is 917. The molecule has 0 bridgehead atoms. The zero-order valence-corrected chi connectivity index (χ0v) is 14.8. The molecule has 2 N–H and O–H groups in total. The number of nitrogens with zero attached hydrogens (tertiary/aromatic N) is 1. The highest BCUT2D eigenvalue weighted by molar-refractivity contribution is 6.01. The molecule has 4 rings (SSSR count). The van der Waals surface area contributed by atoms with E-state index in [1.807, 2.05) is 24.3 Å². The van der Waals surface area contributed by atoms with Gasteiger partial charge in [0.1, 0.15) is 0 Å². The quantitative estimate of drug-likeness (QED) is 0.630. The van der Waals surface area contributed by atoms with E-state index in [2.05, 4.69) is 15.8 Å². The van der Waals surface area contributed by atoms with Gasteiger partial charge in [0.05, 0.1) is 5.71 Å².